The van der Waals surface area contributed by atoms with Crippen molar-refractivity contribution in [2.75, 3.05) is 5.75 Å². The van der Waals surface area contributed by atoms with Crippen LogP contribution in [0.3, 0.4) is 0 Å². The van der Waals surface area contributed by atoms with Gasteiger partial charge >= 0.3 is 0 Å². The van der Waals surface area contributed by atoms with Crippen molar-refractivity contribution in [3.05, 3.63) is 34.9 Å². The van der Waals surface area contributed by atoms with Gasteiger partial charge in [-0.2, -0.15) is 11.8 Å². The molecule has 1 rings (SSSR count). The molecule has 1 aromatic rings. The molecule has 0 aliphatic rings. The average Bonchev–Trinajstić information content (AvgIpc) is 2.26. The Hall–Kier alpha value is -0.470. The highest BCUT2D eigenvalue weighted by molar-refractivity contribution is 7.98. The lowest BCUT2D eigenvalue weighted by atomic mass is 10.0. The van der Waals surface area contributed by atoms with Gasteiger partial charge in [0.25, 0.3) is 0 Å². The topological polar surface area (TPSA) is 26.0 Å². The van der Waals surface area contributed by atoms with Gasteiger partial charge in [-0.1, -0.05) is 49.6 Å². The van der Waals surface area contributed by atoms with Gasteiger partial charge in [0, 0.05) is 17.5 Å². The van der Waals surface area contributed by atoms with Gasteiger partial charge in [-0.3, -0.25) is 0 Å². The maximum Gasteiger partial charge on any atom is 0.0185 e. The van der Waals surface area contributed by atoms with Gasteiger partial charge in [-0.15, -0.1) is 0 Å². The maximum absolute atomic E-state index is 6.13. The summed E-state index contributed by atoms with van der Waals surface area (Å²) in [5, 5.41) is 0. The largest absolute Gasteiger partial charge is 0.327 e. The van der Waals surface area contributed by atoms with Crippen LogP contribution in [0.5, 0.6) is 0 Å². The minimum atomic E-state index is 0.330. The molecule has 0 amide bonds. The van der Waals surface area contributed by atoms with E-state index >= 15 is 0 Å². The quantitative estimate of drug-likeness (QED) is 0.829. The van der Waals surface area contributed by atoms with Crippen LogP contribution in [0.4, 0.5) is 0 Å². The summed E-state index contributed by atoms with van der Waals surface area (Å²) < 4.78 is 0. The number of aryl methyl sites for hydroxylation is 2. The smallest absolute Gasteiger partial charge is 0.0185 e. The van der Waals surface area contributed by atoms with Gasteiger partial charge in [-0.25, -0.2) is 0 Å². The van der Waals surface area contributed by atoms with Gasteiger partial charge in [-0.05, 0) is 25.3 Å². The molecule has 0 spiro atoms. The Labute approximate surface area is 110 Å². The van der Waals surface area contributed by atoms with Crippen molar-refractivity contribution in [2.45, 2.75) is 45.9 Å². The Morgan fingerprint density at radius 3 is 2.29 bits per heavy atom. The Morgan fingerprint density at radius 1 is 1.18 bits per heavy atom. The number of hydrogen-bond donors (Lipinski definition) is 1. The first kappa shape index (κ1) is 14.6. The van der Waals surface area contributed by atoms with Crippen LogP contribution in [-0.4, -0.2) is 11.8 Å². The molecule has 0 aromatic heterocycles. The highest BCUT2D eigenvalue weighted by Gasteiger charge is 2.10. The van der Waals surface area contributed by atoms with Crippen molar-refractivity contribution < 1.29 is 0 Å². The number of nitrogens with two attached hydrogens (primary N) is 1. The van der Waals surface area contributed by atoms with Crippen LogP contribution in [-0.2, 0) is 5.75 Å². The third kappa shape index (κ3) is 5.13. The molecular weight excluding hydrogens is 226 g/mol. The van der Waals surface area contributed by atoms with Gasteiger partial charge < -0.3 is 5.73 Å². The SMILES string of the molecule is CCC(C)C(N)CSCc1cc(C)cc(C)c1. The predicted molar refractivity (Wildman–Crippen MR) is 79.5 cm³/mol. The molecule has 0 heterocycles. The van der Waals surface area contributed by atoms with E-state index < -0.39 is 0 Å². The molecule has 96 valence electrons. The van der Waals surface area contributed by atoms with Crippen molar-refractivity contribution in [1.82, 2.24) is 0 Å². The maximum atomic E-state index is 6.13. The Bertz CT molecular complexity index is 329. The monoisotopic (exact) mass is 251 g/mol. The molecule has 0 aliphatic carbocycles. The molecule has 0 radical (unpaired) electrons. The van der Waals surface area contributed by atoms with Gasteiger partial charge in [0.2, 0.25) is 0 Å². The minimum absolute atomic E-state index is 0.330. The lowest BCUT2D eigenvalue weighted by molar-refractivity contribution is 0.475. The number of benzene rings is 1. The zero-order valence-electron chi connectivity index (χ0n) is 11.5. The Kier molecular flexibility index (Phi) is 6.07. The van der Waals surface area contributed by atoms with Gasteiger partial charge in [0.1, 0.15) is 0 Å². The molecule has 2 N–H and O–H groups in total. The van der Waals surface area contributed by atoms with Crippen molar-refractivity contribution in [3.8, 4) is 0 Å². The summed E-state index contributed by atoms with van der Waals surface area (Å²) in [4.78, 5) is 0. The van der Waals surface area contributed by atoms with Crippen LogP contribution in [0.15, 0.2) is 18.2 Å². The first-order valence-corrected chi connectivity index (χ1v) is 7.59. The first-order valence-electron chi connectivity index (χ1n) is 6.43. The van der Waals surface area contributed by atoms with E-state index in [0.717, 1.165) is 11.5 Å². The average molecular weight is 251 g/mol. The molecule has 17 heavy (non-hydrogen) atoms. The van der Waals surface area contributed by atoms with Crippen LogP contribution in [0.2, 0.25) is 0 Å². The van der Waals surface area contributed by atoms with E-state index in [0.29, 0.717) is 12.0 Å². The fourth-order valence-electron chi connectivity index (χ4n) is 1.93. The van der Waals surface area contributed by atoms with E-state index in [1.165, 1.54) is 23.1 Å². The molecular formula is C15H25NS. The number of rotatable bonds is 6. The molecule has 0 saturated heterocycles. The highest BCUT2D eigenvalue weighted by Crippen LogP contribution is 2.18. The second-order valence-electron chi connectivity index (χ2n) is 5.06. The highest BCUT2D eigenvalue weighted by atomic mass is 32.2. The van der Waals surface area contributed by atoms with Crippen molar-refractivity contribution in [1.29, 1.82) is 0 Å². The van der Waals surface area contributed by atoms with Crippen molar-refractivity contribution in [3.63, 3.8) is 0 Å². The summed E-state index contributed by atoms with van der Waals surface area (Å²) >= 11 is 1.95. The third-order valence-corrected chi connectivity index (χ3v) is 4.39. The summed E-state index contributed by atoms with van der Waals surface area (Å²) in [6.45, 7) is 8.76. The van der Waals surface area contributed by atoms with Crippen LogP contribution >= 0.6 is 11.8 Å². The Morgan fingerprint density at radius 2 is 1.76 bits per heavy atom. The van der Waals surface area contributed by atoms with Crippen molar-refractivity contribution in [2.24, 2.45) is 11.7 Å². The fourth-order valence-corrected chi connectivity index (χ4v) is 3.05. The first-order chi connectivity index (χ1) is 8.02. The van der Waals surface area contributed by atoms with E-state index in [2.05, 4.69) is 45.9 Å². The van der Waals surface area contributed by atoms with Gasteiger partial charge in [0.05, 0.1) is 0 Å². The minimum Gasteiger partial charge on any atom is -0.327 e. The van der Waals surface area contributed by atoms with Gasteiger partial charge in [0.15, 0.2) is 0 Å². The predicted octanol–water partition coefficient (Wildman–Crippen LogP) is 3.91. The zero-order valence-corrected chi connectivity index (χ0v) is 12.3. The van der Waals surface area contributed by atoms with Crippen LogP contribution in [0.25, 0.3) is 0 Å². The van der Waals surface area contributed by atoms with E-state index in [4.69, 9.17) is 5.73 Å². The van der Waals surface area contributed by atoms with E-state index in [-0.39, 0.29) is 0 Å². The van der Waals surface area contributed by atoms with E-state index in [9.17, 15) is 0 Å². The summed E-state index contributed by atoms with van der Waals surface area (Å²) in [5.74, 6) is 2.76. The molecule has 0 bridgehead atoms. The summed E-state index contributed by atoms with van der Waals surface area (Å²) in [6.07, 6.45) is 1.17. The normalized spacial score (nSPS) is 14.6. The van der Waals surface area contributed by atoms with Crippen molar-refractivity contribution >= 4 is 11.8 Å². The molecule has 0 fully saturated rings. The lowest BCUT2D eigenvalue weighted by Crippen LogP contribution is -2.30. The molecule has 2 heteroatoms. The molecule has 1 aromatic carbocycles. The molecule has 0 saturated carbocycles. The molecule has 2 unspecified atom stereocenters. The second kappa shape index (κ2) is 7.07. The van der Waals surface area contributed by atoms with E-state index in [1.807, 2.05) is 11.8 Å². The summed E-state index contributed by atoms with van der Waals surface area (Å²) in [7, 11) is 0. The van der Waals surface area contributed by atoms with Crippen LogP contribution < -0.4 is 5.73 Å². The second-order valence-corrected chi connectivity index (χ2v) is 6.09. The molecule has 2 atom stereocenters. The van der Waals surface area contributed by atoms with Crippen LogP contribution in [0.1, 0.15) is 37.0 Å². The molecule has 1 nitrogen and oxygen atoms in total. The number of thioether (sulfide) groups is 1. The zero-order chi connectivity index (χ0) is 12.8. The summed E-state index contributed by atoms with van der Waals surface area (Å²) in [6, 6.07) is 7.10. The number of hydrogen-bond acceptors (Lipinski definition) is 2. The fraction of sp³-hybridized carbons (Fsp3) is 0.600. The third-order valence-electron chi connectivity index (χ3n) is 3.24. The van der Waals surface area contributed by atoms with Crippen LogP contribution in [0, 0.1) is 19.8 Å². The summed E-state index contributed by atoms with van der Waals surface area (Å²) in [5.41, 5.74) is 10.3. The Balaban J connectivity index is 2.40. The molecule has 0 aliphatic heterocycles. The standard InChI is InChI=1S/C15H25NS/c1-5-13(4)15(16)10-17-9-14-7-11(2)6-12(3)8-14/h6-8,13,15H,5,9-10,16H2,1-4H3. The van der Waals surface area contributed by atoms with E-state index in [1.54, 1.807) is 0 Å². The lowest BCUT2D eigenvalue weighted by Gasteiger charge is -2.17.